The van der Waals surface area contributed by atoms with E-state index in [-0.39, 0.29) is 22.9 Å². The lowest BCUT2D eigenvalue weighted by Crippen LogP contribution is -1.97. The molecular weight excluding hydrogens is 320 g/mol. The molecule has 0 aliphatic heterocycles. The number of carboxylic acids is 1. The minimum atomic E-state index is -1.21. The summed E-state index contributed by atoms with van der Waals surface area (Å²) in [6.07, 6.45) is 0. The Bertz CT molecular complexity index is 949. The predicted octanol–water partition coefficient (Wildman–Crippen LogP) is 4.12. The molecule has 0 atom stereocenters. The van der Waals surface area contributed by atoms with E-state index in [1.165, 1.54) is 18.2 Å². The summed E-state index contributed by atoms with van der Waals surface area (Å²) in [6.45, 7) is 1.80. The largest absolute Gasteiger partial charge is 0.506 e. The maximum Gasteiger partial charge on any atom is 0.358 e. The Balaban J connectivity index is 2.19. The van der Waals surface area contributed by atoms with Crippen LogP contribution in [0.3, 0.4) is 0 Å². The number of benzene rings is 1. The Morgan fingerprint density at radius 3 is 2.78 bits per heavy atom. The lowest BCUT2D eigenvalue weighted by molar-refractivity contribution is 0.0692. The number of pyridine rings is 1. The molecule has 2 N–H and O–H groups in total. The Morgan fingerprint density at radius 1 is 1.26 bits per heavy atom. The summed E-state index contributed by atoms with van der Waals surface area (Å²) >= 11 is 5.86. The van der Waals surface area contributed by atoms with Gasteiger partial charge in [0.05, 0.1) is 0 Å². The minimum Gasteiger partial charge on any atom is -0.506 e. The average molecular weight is 331 g/mol. The third-order valence-electron chi connectivity index (χ3n) is 3.21. The van der Waals surface area contributed by atoms with Crippen molar-refractivity contribution in [3.05, 3.63) is 52.8 Å². The van der Waals surface area contributed by atoms with Crippen LogP contribution in [0.15, 0.2) is 46.6 Å². The Morgan fingerprint density at radius 2 is 2.04 bits per heavy atom. The first-order chi connectivity index (χ1) is 11.0. The molecule has 0 saturated carbocycles. The fourth-order valence-corrected chi connectivity index (χ4v) is 2.32. The number of hydrogen-bond donors (Lipinski definition) is 2. The van der Waals surface area contributed by atoms with Crippen LogP contribution < -0.4 is 0 Å². The zero-order valence-electron chi connectivity index (χ0n) is 11.9. The summed E-state index contributed by atoms with van der Waals surface area (Å²) in [5.74, 6) is -1.25. The van der Waals surface area contributed by atoms with E-state index >= 15 is 0 Å². The number of carbonyl (C=O) groups is 1. The number of carboxylic acid groups (broad SMARTS) is 1. The maximum atomic E-state index is 11.4. The molecule has 1 aromatic carbocycles. The van der Waals surface area contributed by atoms with Gasteiger partial charge < -0.3 is 10.2 Å². The highest BCUT2D eigenvalue weighted by Crippen LogP contribution is 2.32. The summed E-state index contributed by atoms with van der Waals surface area (Å²) in [4.78, 5) is 15.4. The number of hydrogen-bond acceptors (Lipinski definition) is 5. The number of phenolic OH excluding ortho intramolecular Hbond substituents is 1. The van der Waals surface area contributed by atoms with Crippen molar-refractivity contribution in [2.75, 3.05) is 0 Å². The van der Waals surface area contributed by atoms with E-state index in [0.29, 0.717) is 10.7 Å². The summed E-state index contributed by atoms with van der Waals surface area (Å²) in [5.41, 5.74) is 1.13. The van der Waals surface area contributed by atoms with Gasteiger partial charge in [0, 0.05) is 10.7 Å². The Hall–Kier alpha value is -2.93. The normalized spacial score (nSPS) is 11.4. The van der Waals surface area contributed by atoms with Gasteiger partial charge in [0.25, 0.3) is 0 Å². The van der Waals surface area contributed by atoms with Crippen molar-refractivity contribution in [1.82, 2.24) is 9.38 Å². The zero-order chi connectivity index (χ0) is 16.6. The molecule has 0 amide bonds. The number of aromatic carboxylic acids is 1. The Labute approximate surface area is 135 Å². The molecule has 0 bridgehead atoms. The molecular formula is C15H11ClN4O3. The number of halogens is 1. The maximum absolute atomic E-state index is 11.4. The van der Waals surface area contributed by atoms with Crippen LogP contribution in [-0.2, 0) is 0 Å². The van der Waals surface area contributed by atoms with Crippen molar-refractivity contribution in [1.29, 1.82) is 0 Å². The van der Waals surface area contributed by atoms with Crippen molar-refractivity contribution in [3.63, 3.8) is 0 Å². The quantitative estimate of drug-likeness (QED) is 0.705. The second-order valence-corrected chi connectivity index (χ2v) is 5.22. The molecule has 116 valence electrons. The first kappa shape index (κ1) is 15.0. The van der Waals surface area contributed by atoms with Crippen molar-refractivity contribution in [2.45, 2.75) is 6.92 Å². The van der Waals surface area contributed by atoms with Gasteiger partial charge in [0.15, 0.2) is 11.5 Å². The van der Waals surface area contributed by atoms with Crippen LogP contribution in [0.4, 0.5) is 11.5 Å². The number of aromatic nitrogens is 2. The van der Waals surface area contributed by atoms with Gasteiger partial charge in [-0.25, -0.2) is 9.78 Å². The van der Waals surface area contributed by atoms with E-state index in [1.54, 1.807) is 29.5 Å². The van der Waals surface area contributed by atoms with Crippen molar-refractivity contribution in [2.24, 2.45) is 10.2 Å². The molecule has 0 fully saturated rings. The van der Waals surface area contributed by atoms with Crippen LogP contribution in [0.1, 0.15) is 16.2 Å². The first-order valence-corrected chi connectivity index (χ1v) is 6.97. The van der Waals surface area contributed by atoms with E-state index in [9.17, 15) is 15.0 Å². The molecule has 0 aliphatic carbocycles. The monoisotopic (exact) mass is 330 g/mol. The van der Waals surface area contributed by atoms with Gasteiger partial charge in [-0.05, 0) is 37.3 Å². The second kappa shape index (κ2) is 5.69. The SMILES string of the molecule is Cc1cccc2nc(C(=O)O)c(N=Nc3cc(Cl)ccc3O)n12. The highest BCUT2D eigenvalue weighted by molar-refractivity contribution is 6.30. The predicted molar refractivity (Wildman–Crippen MR) is 84.2 cm³/mol. The highest BCUT2D eigenvalue weighted by atomic mass is 35.5. The third kappa shape index (κ3) is 2.74. The molecule has 0 radical (unpaired) electrons. The number of azo groups is 1. The van der Waals surface area contributed by atoms with Gasteiger partial charge in [0.2, 0.25) is 0 Å². The number of fused-ring (bicyclic) bond motifs is 1. The van der Waals surface area contributed by atoms with E-state index in [2.05, 4.69) is 15.2 Å². The van der Waals surface area contributed by atoms with Crippen LogP contribution in [0.2, 0.25) is 5.02 Å². The lowest BCUT2D eigenvalue weighted by atomic mass is 10.3. The number of phenols is 1. The van der Waals surface area contributed by atoms with Gasteiger partial charge in [-0.2, -0.15) is 0 Å². The van der Waals surface area contributed by atoms with Gasteiger partial charge in [-0.15, -0.1) is 10.2 Å². The topological polar surface area (TPSA) is 99.5 Å². The summed E-state index contributed by atoms with van der Waals surface area (Å²) in [6, 6.07) is 9.57. The van der Waals surface area contributed by atoms with Crippen LogP contribution in [0.25, 0.3) is 5.65 Å². The number of aryl methyl sites for hydroxylation is 1. The van der Waals surface area contributed by atoms with Gasteiger partial charge in [-0.3, -0.25) is 4.40 Å². The van der Waals surface area contributed by atoms with Gasteiger partial charge >= 0.3 is 5.97 Å². The van der Waals surface area contributed by atoms with E-state index in [0.717, 1.165) is 5.69 Å². The van der Waals surface area contributed by atoms with Crippen LogP contribution in [0, 0.1) is 6.92 Å². The molecule has 2 aromatic heterocycles. The summed E-state index contributed by atoms with van der Waals surface area (Å²) in [5, 5.41) is 27.3. The molecule has 3 aromatic rings. The average Bonchev–Trinajstić information content (AvgIpc) is 2.88. The molecule has 8 heteroatoms. The van der Waals surface area contributed by atoms with E-state index in [1.807, 2.05) is 0 Å². The van der Waals surface area contributed by atoms with Crippen LogP contribution >= 0.6 is 11.6 Å². The van der Waals surface area contributed by atoms with Crippen molar-refractivity contribution in [3.8, 4) is 5.75 Å². The molecule has 0 saturated heterocycles. The summed E-state index contributed by atoms with van der Waals surface area (Å²) in [7, 11) is 0. The molecule has 0 unspecified atom stereocenters. The number of imidazole rings is 1. The first-order valence-electron chi connectivity index (χ1n) is 6.59. The zero-order valence-corrected chi connectivity index (χ0v) is 12.7. The van der Waals surface area contributed by atoms with E-state index in [4.69, 9.17) is 11.6 Å². The smallest absolute Gasteiger partial charge is 0.358 e. The molecule has 2 heterocycles. The second-order valence-electron chi connectivity index (χ2n) is 4.78. The minimum absolute atomic E-state index is 0.0741. The summed E-state index contributed by atoms with van der Waals surface area (Å²) < 4.78 is 1.58. The standard InChI is InChI=1S/C15H11ClN4O3/c1-8-3-2-4-12-17-13(15(22)23)14(20(8)12)19-18-10-7-9(16)5-6-11(10)21/h2-7,21H,1H3,(H,22,23). The molecule has 3 rings (SSSR count). The van der Waals surface area contributed by atoms with Crippen molar-refractivity contribution < 1.29 is 15.0 Å². The van der Waals surface area contributed by atoms with Crippen molar-refractivity contribution >= 4 is 34.7 Å². The van der Waals surface area contributed by atoms with Crippen LogP contribution in [-0.4, -0.2) is 25.6 Å². The van der Waals surface area contributed by atoms with Gasteiger partial charge in [-0.1, -0.05) is 17.7 Å². The van der Waals surface area contributed by atoms with E-state index < -0.39 is 5.97 Å². The molecule has 0 spiro atoms. The fourth-order valence-electron chi connectivity index (χ4n) is 2.15. The Kier molecular flexibility index (Phi) is 3.71. The van der Waals surface area contributed by atoms with Crippen LogP contribution in [0.5, 0.6) is 5.75 Å². The number of aromatic hydroxyl groups is 1. The van der Waals surface area contributed by atoms with Gasteiger partial charge in [0.1, 0.15) is 17.1 Å². The molecule has 7 nitrogen and oxygen atoms in total. The lowest BCUT2D eigenvalue weighted by Gasteiger charge is -2.01. The highest BCUT2D eigenvalue weighted by Gasteiger charge is 2.19. The third-order valence-corrected chi connectivity index (χ3v) is 3.44. The number of rotatable bonds is 3. The molecule has 23 heavy (non-hydrogen) atoms. The fraction of sp³-hybridized carbons (Fsp3) is 0.0667. The number of nitrogens with zero attached hydrogens (tertiary/aromatic N) is 4. The molecule has 0 aliphatic rings.